The zero-order valence-electron chi connectivity index (χ0n) is 2.64. The summed E-state index contributed by atoms with van der Waals surface area (Å²) in [5.74, 6) is 1.99. The van der Waals surface area contributed by atoms with Crippen LogP contribution in [0.25, 0.3) is 0 Å². The lowest BCUT2D eigenvalue weighted by Crippen LogP contribution is -1.64. The van der Waals surface area contributed by atoms with Gasteiger partial charge in [-0.15, -0.1) is 30.4 Å². The molecule has 0 spiro atoms. The maximum atomic E-state index is 7.64. The normalized spacial score (nSPS) is 4.00. The third kappa shape index (κ3) is 13.8. The predicted molar refractivity (Wildman–Crippen MR) is 31.3 cm³/mol. The van der Waals surface area contributed by atoms with Gasteiger partial charge in [0.15, 0.2) is 0 Å². The SMILES string of the molecule is C#CCO.I. The van der Waals surface area contributed by atoms with Crippen molar-refractivity contribution in [3.63, 3.8) is 0 Å². The number of aliphatic hydroxyl groups excluding tert-OH is 1. The Bertz CT molecular complexity index is 36.6. The van der Waals surface area contributed by atoms with E-state index in [-0.39, 0.29) is 30.6 Å². The van der Waals surface area contributed by atoms with Gasteiger partial charge in [0.25, 0.3) is 0 Å². The van der Waals surface area contributed by atoms with Crippen molar-refractivity contribution in [2.45, 2.75) is 0 Å². The first-order valence-corrected chi connectivity index (χ1v) is 0.958. The summed E-state index contributed by atoms with van der Waals surface area (Å²) in [6.07, 6.45) is 4.53. The molecule has 2 heteroatoms. The van der Waals surface area contributed by atoms with Gasteiger partial charge in [-0.3, -0.25) is 0 Å². The molecular weight excluding hydrogens is 179 g/mol. The fourth-order valence-corrected chi connectivity index (χ4v) is 0. The Morgan fingerprint density at radius 2 is 2.00 bits per heavy atom. The molecule has 30 valence electrons. The molecule has 0 aliphatic carbocycles. The first-order valence-electron chi connectivity index (χ1n) is 0.958. The van der Waals surface area contributed by atoms with Gasteiger partial charge in [0.05, 0.1) is 0 Å². The smallest absolute Gasteiger partial charge is 0.103 e. The van der Waals surface area contributed by atoms with Crippen LogP contribution in [0, 0.1) is 12.3 Å². The molecule has 0 aromatic carbocycles. The molecule has 0 saturated carbocycles. The number of halogens is 1. The minimum absolute atomic E-state index is 0. The molecule has 0 rings (SSSR count). The summed E-state index contributed by atoms with van der Waals surface area (Å²) < 4.78 is 0. The van der Waals surface area contributed by atoms with E-state index in [1.807, 2.05) is 5.92 Å². The second-order valence-electron chi connectivity index (χ2n) is 0.362. The van der Waals surface area contributed by atoms with Crippen molar-refractivity contribution in [1.82, 2.24) is 0 Å². The summed E-state index contributed by atoms with van der Waals surface area (Å²) in [6, 6.07) is 0. The van der Waals surface area contributed by atoms with Crippen molar-refractivity contribution in [2.75, 3.05) is 6.61 Å². The molecule has 0 aliphatic rings. The van der Waals surface area contributed by atoms with Gasteiger partial charge in [0.1, 0.15) is 6.61 Å². The minimum Gasteiger partial charge on any atom is -0.384 e. The Labute approximate surface area is 48.4 Å². The summed E-state index contributed by atoms with van der Waals surface area (Å²) in [5.41, 5.74) is 0. The molecule has 5 heavy (non-hydrogen) atoms. The predicted octanol–water partition coefficient (Wildman–Crippen LogP) is 0.230. The summed E-state index contributed by atoms with van der Waals surface area (Å²) in [6.45, 7) is -0.153. The second-order valence-corrected chi connectivity index (χ2v) is 0.362. The third-order valence-corrected chi connectivity index (χ3v) is 0.0913. The number of terminal acetylenes is 1. The first kappa shape index (κ1) is 8.98. The highest BCUT2D eigenvalue weighted by molar-refractivity contribution is 14.0. The molecule has 0 radical (unpaired) electrons. The van der Waals surface area contributed by atoms with E-state index in [0.717, 1.165) is 0 Å². The monoisotopic (exact) mass is 184 g/mol. The van der Waals surface area contributed by atoms with Gasteiger partial charge in [0.2, 0.25) is 0 Å². The van der Waals surface area contributed by atoms with Crippen LogP contribution in [-0.2, 0) is 0 Å². The van der Waals surface area contributed by atoms with Gasteiger partial charge >= 0.3 is 0 Å². The highest BCUT2D eigenvalue weighted by atomic mass is 127. The summed E-state index contributed by atoms with van der Waals surface area (Å²) in [5, 5.41) is 7.64. The van der Waals surface area contributed by atoms with E-state index in [9.17, 15) is 0 Å². The van der Waals surface area contributed by atoms with E-state index in [0.29, 0.717) is 0 Å². The average Bonchev–Trinajstić information content (AvgIpc) is 1.37. The number of hydrogen-bond acceptors (Lipinski definition) is 1. The molecule has 0 aromatic rings. The Kier molecular flexibility index (Phi) is 15.9. The fourth-order valence-electron chi connectivity index (χ4n) is 0. The van der Waals surface area contributed by atoms with Crippen LogP contribution in [0.5, 0.6) is 0 Å². The lowest BCUT2D eigenvalue weighted by molar-refractivity contribution is 0.351. The minimum atomic E-state index is -0.153. The fraction of sp³-hybridized carbons (Fsp3) is 0.333. The largest absolute Gasteiger partial charge is 0.384 e. The van der Waals surface area contributed by atoms with Gasteiger partial charge in [-0.1, -0.05) is 5.92 Å². The second kappa shape index (κ2) is 8.87. The van der Waals surface area contributed by atoms with Crippen LogP contribution >= 0.6 is 24.0 Å². The molecular formula is C3H5IO. The molecule has 0 aliphatic heterocycles. The topological polar surface area (TPSA) is 20.2 Å². The molecule has 0 bridgehead atoms. The molecule has 1 N–H and O–H groups in total. The summed E-state index contributed by atoms with van der Waals surface area (Å²) in [7, 11) is 0. The molecule has 0 saturated heterocycles. The lowest BCUT2D eigenvalue weighted by atomic mass is 10.8. The van der Waals surface area contributed by atoms with E-state index < -0.39 is 0 Å². The molecule has 0 amide bonds. The van der Waals surface area contributed by atoms with Crippen LogP contribution < -0.4 is 0 Å². The van der Waals surface area contributed by atoms with Crippen molar-refractivity contribution >= 4 is 24.0 Å². The summed E-state index contributed by atoms with van der Waals surface area (Å²) >= 11 is 0. The van der Waals surface area contributed by atoms with E-state index in [1.54, 1.807) is 0 Å². The Hall–Kier alpha value is 0.250. The van der Waals surface area contributed by atoms with Crippen LogP contribution in [0.1, 0.15) is 0 Å². The van der Waals surface area contributed by atoms with Crippen LogP contribution in [-0.4, -0.2) is 11.7 Å². The molecule has 1 nitrogen and oxygen atoms in total. The van der Waals surface area contributed by atoms with Crippen molar-refractivity contribution in [2.24, 2.45) is 0 Å². The van der Waals surface area contributed by atoms with Gasteiger partial charge in [-0.2, -0.15) is 0 Å². The van der Waals surface area contributed by atoms with Crippen LogP contribution in [0.2, 0.25) is 0 Å². The van der Waals surface area contributed by atoms with E-state index in [4.69, 9.17) is 5.11 Å². The molecule has 0 heterocycles. The number of hydrogen-bond donors (Lipinski definition) is 1. The zero-order valence-corrected chi connectivity index (χ0v) is 4.97. The molecule has 0 fully saturated rings. The maximum Gasteiger partial charge on any atom is 0.103 e. The Morgan fingerprint density at radius 1 is 1.80 bits per heavy atom. The van der Waals surface area contributed by atoms with Gasteiger partial charge in [-0.05, 0) is 0 Å². The van der Waals surface area contributed by atoms with E-state index in [2.05, 4.69) is 6.42 Å². The van der Waals surface area contributed by atoms with E-state index in [1.165, 1.54) is 0 Å². The van der Waals surface area contributed by atoms with E-state index >= 15 is 0 Å². The Morgan fingerprint density at radius 3 is 2.00 bits per heavy atom. The number of aliphatic hydroxyl groups is 1. The van der Waals surface area contributed by atoms with Crippen molar-refractivity contribution < 1.29 is 5.11 Å². The van der Waals surface area contributed by atoms with Crippen LogP contribution in [0.3, 0.4) is 0 Å². The molecule has 0 unspecified atom stereocenters. The van der Waals surface area contributed by atoms with Crippen molar-refractivity contribution in [3.05, 3.63) is 0 Å². The number of rotatable bonds is 0. The zero-order chi connectivity index (χ0) is 3.41. The average molecular weight is 184 g/mol. The standard InChI is InChI=1S/C3H4O.HI/c1-2-3-4;/h1,4H,3H2;1H. The molecule has 0 atom stereocenters. The van der Waals surface area contributed by atoms with Gasteiger partial charge < -0.3 is 5.11 Å². The van der Waals surface area contributed by atoms with Gasteiger partial charge in [0, 0.05) is 0 Å². The van der Waals surface area contributed by atoms with Crippen LogP contribution in [0.15, 0.2) is 0 Å². The van der Waals surface area contributed by atoms with Crippen molar-refractivity contribution in [1.29, 1.82) is 0 Å². The first-order chi connectivity index (χ1) is 1.91. The Balaban J connectivity index is 0. The lowest BCUT2D eigenvalue weighted by Gasteiger charge is -1.55. The summed E-state index contributed by atoms with van der Waals surface area (Å²) in [4.78, 5) is 0. The van der Waals surface area contributed by atoms with Crippen molar-refractivity contribution in [3.8, 4) is 12.3 Å². The van der Waals surface area contributed by atoms with Gasteiger partial charge in [-0.25, -0.2) is 0 Å². The highest BCUT2D eigenvalue weighted by Crippen LogP contribution is 1.34. The maximum absolute atomic E-state index is 7.64. The third-order valence-electron chi connectivity index (χ3n) is 0.0913. The quantitative estimate of drug-likeness (QED) is 0.422. The molecule has 0 aromatic heterocycles. The highest BCUT2D eigenvalue weighted by Gasteiger charge is 1.43. The van der Waals surface area contributed by atoms with Crippen LogP contribution in [0.4, 0.5) is 0 Å².